The summed E-state index contributed by atoms with van der Waals surface area (Å²) in [6.45, 7) is 12.1. The average Bonchev–Trinajstić information content (AvgIpc) is 2.15. The van der Waals surface area contributed by atoms with Gasteiger partial charge in [0.05, 0.1) is 6.04 Å². The molecule has 0 aromatic rings. The minimum Gasteiger partial charge on any atom is -0.334 e. The van der Waals surface area contributed by atoms with E-state index in [1.54, 1.807) is 17.1 Å². The molecule has 80 valence electrons. The van der Waals surface area contributed by atoms with E-state index >= 15 is 0 Å². The molecule has 0 aromatic carbocycles. The zero-order chi connectivity index (χ0) is 11.1. The van der Waals surface area contributed by atoms with Crippen LogP contribution in [0.1, 0.15) is 13.8 Å². The van der Waals surface area contributed by atoms with E-state index in [2.05, 4.69) is 13.2 Å². The molecule has 1 amide bonds. The van der Waals surface area contributed by atoms with Crippen LogP contribution in [0.3, 0.4) is 0 Å². The van der Waals surface area contributed by atoms with Crippen LogP contribution in [0.2, 0.25) is 0 Å². The van der Waals surface area contributed by atoms with Crippen molar-refractivity contribution in [3.63, 3.8) is 0 Å². The molecule has 0 saturated carbocycles. The number of nitrogens with two attached hydrogens (primary N) is 1. The van der Waals surface area contributed by atoms with Crippen molar-refractivity contribution in [3.05, 3.63) is 25.3 Å². The Labute approximate surface area is 86.3 Å². The Bertz CT molecular complexity index is 201. The molecule has 0 aromatic heterocycles. The zero-order valence-electron chi connectivity index (χ0n) is 9.07. The van der Waals surface area contributed by atoms with E-state index in [0.717, 1.165) is 0 Å². The quantitative estimate of drug-likeness (QED) is 0.648. The summed E-state index contributed by atoms with van der Waals surface area (Å²) in [5, 5.41) is 0. The van der Waals surface area contributed by atoms with Crippen LogP contribution in [-0.4, -0.2) is 29.9 Å². The van der Waals surface area contributed by atoms with E-state index in [1.165, 1.54) is 0 Å². The predicted octanol–water partition coefficient (Wildman–Crippen LogP) is 1.17. The van der Waals surface area contributed by atoms with Crippen LogP contribution in [0.4, 0.5) is 0 Å². The molecular weight excluding hydrogens is 176 g/mol. The summed E-state index contributed by atoms with van der Waals surface area (Å²) < 4.78 is 0. The fourth-order valence-corrected chi connectivity index (χ4v) is 1.06. The van der Waals surface area contributed by atoms with E-state index in [1.807, 2.05) is 13.8 Å². The molecule has 1 atom stereocenters. The number of carbonyl (C=O) groups excluding carboxylic acids is 1. The van der Waals surface area contributed by atoms with Crippen molar-refractivity contribution < 1.29 is 4.79 Å². The number of amides is 1. The number of nitrogens with zero attached hydrogens (tertiary/aromatic N) is 1. The first-order valence-corrected chi connectivity index (χ1v) is 4.80. The molecule has 0 fully saturated rings. The maximum absolute atomic E-state index is 11.8. The van der Waals surface area contributed by atoms with Crippen LogP contribution in [-0.2, 0) is 4.79 Å². The molecule has 14 heavy (non-hydrogen) atoms. The maximum Gasteiger partial charge on any atom is 0.240 e. The van der Waals surface area contributed by atoms with Crippen LogP contribution in [0.25, 0.3) is 0 Å². The van der Waals surface area contributed by atoms with Crippen molar-refractivity contribution in [2.75, 3.05) is 13.1 Å². The van der Waals surface area contributed by atoms with Crippen LogP contribution in [0.5, 0.6) is 0 Å². The smallest absolute Gasteiger partial charge is 0.240 e. The molecule has 3 nitrogen and oxygen atoms in total. The third-order valence-electron chi connectivity index (χ3n) is 2.01. The molecule has 0 bridgehead atoms. The topological polar surface area (TPSA) is 46.3 Å². The number of hydrogen-bond acceptors (Lipinski definition) is 2. The normalized spacial score (nSPS) is 12.3. The highest BCUT2D eigenvalue weighted by atomic mass is 16.2. The van der Waals surface area contributed by atoms with Gasteiger partial charge >= 0.3 is 0 Å². The molecule has 1 unspecified atom stereocenters. The molecular formula is C11H20N2O. The van der Waals surface area contributed by atoms with Crippen molar-refractivity contribution in [1.82, 2.24) is 4.90 Å². The third-order valence-corrected chi connectivity index (χ3v) is 2.01. The van der Waals surface area contributed by atoms with Gasteiger partial charge in [0.2, 0.25) is 5.91 Å². The minimum absolute atomic E-state index is 0.0419. The molecule has 0 aliphatic rings. The lowest BCUT2D eigenvalue weighted by molar-refractivity contribution is -0.132. The van der Waals surface area contributed by atoms with E-state index in [4.69, 9.17) is 5.73 Å². The van der Waals surface area contributed by atoms with Gasteiger partial charge in [-0.1, -0.05) is 26.0 Å². The average molecular weight is 196 g/mol. The summed E-state index contributed by atoms with van der Waals surface area (Å²) >= 11 is 0. The highest BCUT2D eigenvalue weighted by Gasteiger charge is 2.21. The monoisotopic (exact) mass is 196 g/mol. The van der Waals surface area contributed by atoms with E-state index < -0.39 is 6.04 Å². The molecule has 0 spiro atoms. The largest absolute Gasteiger partial charge is 0.334 e. The van der Waals surface area contributed by atoms with Crippen molar-refractivity contribution in [1.29, 1.82) is 0 Å². The molecule has 0 rings (SSSR count). The minimum atomic E-state index is -0.435. The van der Waals surface area contributed by atoms with Gasteiger partial charge in [-0.2, -0.15) is 0 Å². The summed E-state index contributed by atoms with van der Waals surface area (Å²) in [6, 6.07) is -0.435. The van der Waals surface area contributed by atoms with Crippen molar-refractivity contribution in [2.45, 2.75) is 19.9 Å². The lowest BCUT2D eigenvalue weighted by Crippen LogP contribution is -2.46. The molecule has 0 aliphatic heterocycles. The van der Waals surface area contributed by atoms with Crippen molar-refractivity contribution in [3.8, 4) is 0 Å². The third kappa shape index (κ3) is 3.75. The first-order chi connectivity index (χ1) is 6.54. The van der Waals surface area contributed by atoms with Gasteiger partial charge in [-0.3, -0.25) is 4.79 Å². The number of hydrogen-bond donors (Lipinski definition) is 1. The second kappa shape index (κ2) is 6.38. The predicted molar refractivity (Wildman–Crippen MR) is 59.8 cm³/mol. The second-order valence-electron chi connectivity index (χ2n) is 3.59. The Morgan fingerprint density at radius 1 is 1.36 bits per heavy atom. The first-order valence-electron chi connectivity index (χ1n) is 4.80. The van der Waals surface area contributed by atoms with Crippen LogP contribution >= 0.6 is 0 Å². The van der Waals surface area contributed by atoms with Crippen molar-refractivity contribution >= 4 is 5.91 Å². The first kappa shape index (κ1) is 12.9. The SMILES string of the molecule is C=CCN(CC=C)C(=O)C(N)C(C)C. The van der Waals surface area contributed by atoms with E-state index in [9.17, 15) is 4.79 Å². The van der Waals surface area contributed by atoms with Gasteiger partial charge in [0, 0.05) is 13.1 Å². The van der Waals surface area contributed by atoms with Crippen LogP contribution < -0.4 is 5.73 Å². The van der Waals surface area contributed by atoms with E-state index in [0.29, 0.717) is 13.1 Å². The summed E-state index contributed by atoms with van der Waals surface area (Å²) in [6.07, 6.45) is 3.38. The fraction of sp³-hybridized carbons (Fsp3) is 0.545. The number of rotatable bonds is 6. The van der Waals surface area contributed by atoms with Crippen LogP contribution in [0, 0.1) is 5.92 Å². The Hall–Kier alpha value is -1.09. The molecule has 3 heteroatoms. The second-order valence-corrected chi connectivity index (χ2v) is 3.59. The molecule has 0 heterocycles. The van der Waals surface area contributed by atoms with E-state index in [-0.39, 0.29) is 11.8 Å². The maximum atomic E-state index is 11.8. The summed E-state index contributed by atoms with van der Waals surface area (Å²) in [5.41, 5.74) is 5.76. The Kier molecular flexibility index (Phi) is 5.88. The Morgan fingerprint density at radius 3 is 2.07 bits per heavy atom. The molecule has 2 N–H and O–H groups in total. The highest BCUT2D eigenvalue weighted by molar-refractivity contribution is 5.82. The van der Waals surface area contributed by atoms with Gasteiger partial charge in [-0.15, -0.1) is 13.2 Å². The number of carbonyl (C=O) groups is 1. The Balaban J connectivity index is 4.40. The summed E-state index contributed by atoms with van der Waals surface area (Å²) in [4.78, 5) is 13.4. The highest BCUT2D eigenvalue weighted by Crippen LogP contribution is 2.03. The Morgan fingerprint density at radius 2 is 1.79 bits per heavy atom. The van der Waals surface area contributed by atoms with Gasteiger partial charge in [-0.05, 0) is 5.92 Å². The summed E-state index contributed by atoms with van der Waals surface area (Å²) in [7, 11) is 0. The van der Waals surface area contributed by atoms with Gasteiger partial charge in [0.25, 0.3) is 0 Å². The summed E-state index contributed by atoms with van der Waals surface area (Å²) in [5.74, 6) is 0.111. The van der Waals surface area contributed by atoms with Gasteiger partial charge in [0.1, 0.15) is 0 Å². The molecule has 0 aliphatic carbocycles. The fourth-order valence-electron chi connectivity index (χ4n) is 1.06. The van der Waals surface area contributed by atoms with Crippen molar-refractivity contribution in [2.24, 2.45) is 11.7 Å². The zero-order valence-corrected chi connectivity index (χ0v) is 9.07. The molecule has 0 radical (unpaired) electrons. The van der Waals surface area contributed by atoms with Gasteiger partial charge < -0.3 is 10.6 Å². The lowest BCUT2D eigenvalue weighted by atomic mass is 10.0. The lowest BCUT2D eigenvalue weighted by Gasteiger charge is -2.24. The van der Waals surface area contributed by atoms with Crippen LogP contribution in [0.15, 0.2) is 25.3 Å². The standard InChI is InChI=1S/C11H20N2O/c1-5-7-13(8-6-2)11(14)10(12)9(3)4/h5-6,9-10H,1-2,7-8,12H2,3-4H3. The van der Waals surface area contributed by atoms with Gasteiger partial charge in [0.15, 0.2) is 0 Å². The molecule has 0 saturated heterocycles. The van der Waals surface area contributed by atoms with Gasteiger partial charge in [-0.25, -0.2) is 0 Å².